The lowest BCUT2D eigenvalue weighted by molar-refractivity contribution is 0.0658. The number of carbonyl (C=O) groups excluding carboxylic acids is 1. The number of benzene rings is 2. The maximum absolute atomic E-state index is 12.7. The first-order valence-corrected chi connectivity index (χ1v) is 8.38. The Balaban J connectivity index is 1.52. The van der Waals surface area contributed by atoms with E-state index >= 15 is 0 Å². The second-order valence-electron chi connectivity index (χ2n) is 6.06. The van der Waals surface area contributed by atoms with Crippen LogP contribution in [0.25, 0.3) is 0 Å². The predicted octanol–water partition coefficient (Wildman–Crippen LogP) is 3.63. The molecule has 0 bridgehead atoms. The van der Waals surface area contributed by atoms with E-state index in [0.717, 1.165) is 31.7 Å². The summed E-state index contributed by atoms with van der Waals surface area (Å²) in [6.45, 7) is 2.24. The van der Waals surface area contributed by atoms with Gasteiger partial charge >= 0.3 is 0 Å². The summed E-state index contributed by atoms with van der Waals surface area (Å²) in [6.07, 6.45) is 1.93. The molecule has 0 unspecified atom stereocenters. The van der Waals surface area contributed by atoms with Gasteiger partial charge in [-0.15, -0.1) is 0 Å². The van der Waals surface area contributed by atoms with Gasteiger partial charge in [-0.25, -0.2) is 0 Å². The van der Waals surface area contributed by atoms with Crippen molar-refractivity contribution in [1.82, 2.24) is 4.90 Å². The molecule has 1 aliphatic heterocycles. The van der Waals surface area contributed by atoms with E-state index in [1.165, 1.54) is 0 Å². The summed E-state index contributed by atoms with van der Waals surface area (Å²) < 4.78 is 11.1. The zero-order valence-electron chi connectivity index (χ0n) is 14.0. The summed E-state index contributed by atoms with van der Waals surface area (Å²) in [6, 6.07) is 17.3. The van der Waals surface area contributed by atoms with Gasteiger partial charge in [0.25, 0.3) is 5.91 Å². The Morgan fingerprint density at radius 3 is 2.42 bits per heavy atom. The number of amides is 1. The van der Waals surface area contributed by atoms with Gasteiger partial charge in [0.2, 0.25) is 0 Å². The Kier molecular flexibility index (Phi) is 5.36. The van der Waals surface area contributed by atoms with Crippen LogP contribution in [-0.2, 0) is 0 Å². The van der Waals surface area contributed by atoms with Crippen molar-refractivity contribution < 1.29 is 14.3 Å². The molecule has 0 aliphatic carbocycles. The molecule has 126 valence electrons. The summed E-state index contributed by atoms with van der Waals surface area (Å²) in [7, 11) is 1.60. The third-order valence-electron chi connectivity index (χ3n) is 4.47. The lowest BCUT2D eigenvalue weighted by atomic mass is 9.97. The normalized spacial score (nSPS) is 15.1. The van der Waals surface area contributed by atoms with E-state index in [4.69, 9.17) is 9.47 Å². The van der Waals surface area contributed by atoms with Crippen molar-refractivity contribution in [3.8, 4) is 11.5 Å². The van der Waals surface area contributed by atoms with Gasteiger partial charge in [-0.3, -0.25) is 4.79 Å². The summed E-state index contributed by atoms with van der Waals surface area (Å²) in [5.41, 5.74) is 0.638. The number of likely N-dealkylation sites (tertiary alicyclic amines) is 1. The molecule has 0 atom stereocenters. The van der Waals surface area contributed by atoms with Gasteiger partial charge in [0, 0.05) is 13.1 Å². The highest BCUT2D eigenvalue weighted by atomic mass is 16.5. The number of ether oxygens (including phenoxy) is 2. The van der Waals surface area contributed by atoms with Gasteiger partial charge in [0.1, 0.15) is 11.5 Å². The predicted molar refractivity (Wildman–Crippen MR) is 93.6 cm³/mol. The number of para-hydroxylation sites is 2. The van der Waals surface area contributed by atoms with E-state index in [1.807, 2.05) is 59.5 Å². The zero-order chi connectivity index (χ0) is 16.8. The number of methoxy groups -OCH3 is 1. The van der Waals surface area contributed by atoms with Crippen molar-refractivity contribution in [2.45, 2.75) is 12.8 Å². The second-order valence-corrected chi connectivity index (χ2v) is 6.06. The van der Waals surface area contributed by atoms with E-state index < -0.39 is 0 Å². The number of hydrogen-bond acceptors (Lipinski definition) is 3. The van der Waals surface area contributed by atoms with Crippen LogP contribution in [0.3, 0.4) is 0 Å². The van der Waals surface area contributed by atoms with Gasteiger partial charge in [-0.2, -0.15) is 0 Å². The molecule has 0 spiro atoms. The van der Waals surface area contributed by atoms with Crippen LogP contribution in [0.5, 0.6) is 11.5 Å². The molecule has 1 saturated heterocycles. The quantitative estimate of drug-likeness (QED) is 0.843. The van der Waals surface area contributed by atoms with Crippen LogP contribution in [0.2, 0.25) is 0 Å². The number of piperidine rings is 1. The maximum atomic E-state index is 12.7. The summed E-state index contributed by atoms with van der Waals surface area (Å²) >= 11 is 0. The lowest BCUT2D eigenvalue weighted by Crippen LogP contribution is -2.39. The third kappa shape index (κ3) is 3.88. The fraction of sp³-hybridized carbons (Fsp3) is 0.350. The molecule has 1 aliphatic rings. The van der Waals surface area contributed by atoms with Crippen LogP contribution < -0.4 is 9.47 Å². The molecule has 2 aromatic rings. The molecular weight excluding hydrogens is 302 g/mol. The summed E-state index contributed by atoms with van der Waals surface area (Å²) in [5, 5.41) is 0. The van der Waals surface area contributed by atoms with Crippen molar-refractivity contribution in [2.75, 3.05) is 26.8 Å². The fourth-order valence-corrected chi connectivity index (χ4v) is 3.03. The van der Waals surface area contributed by atoms with Gasteiger partial charge in [0.05, 0.1) is 19.3 Å². The van der Waals surface area contributed by atoms with Crippen molar-refractivity contribution in [2.24, 2.45) is 5.92 Å². The van der Waals surface area contributed by atoms with E-state index in [1.54, 1.807) is 7.11 Å². The van der Waals surface area contributed by atoms with Crippen LogP contribution in [0, 0.1) is 5.92 Å². The Morgan fingerprint density at radius 2 is 1.71 bits per heavy atom. The lowest BCUT2D eigenvalue weighted by Gasteiger charge is -2.32. The number of nitrogens with zero attached hydrogens (tertiary/aromatic N) is 1. The monoisotopic (exact) mass is 325 g/mol. The topological polar surface area (TPSA) is 38.8 Å². The SMILES string of the molecule is COc1ccccc1C(=O)N1CCC(COc2ccccc2)CC1. The fourth-order valence-electron chi connectivity index (χ4n) is 3.03. The first-order chi connectivity index (χ1) is 11.8. The minimum absolute atomic E-state index is 0.0508. The van der Waals surface area contributed by atoms with E-state index in [-0.39, 0.29) is 5.91 Å². The molecular formula is C20H23NO3. The standard InChI is InChI=1S/C20H23NO3/c1-23-19-10-6-5-9-18(19)20(22)21-13-11-16(12-14-21)15-24-17-7-3-2-4-8-17/h2-10,16H,11-15H2,1H3. The summed E-state index contributed by atoms with van der Waals surface area (Å²) in [5.74, 6) is 2.09. The minimum Gasteiger partial charge on any atom is -0.496 e. The van der Waals surface area contributed by atoms with Crippen LogP contribution in [0.4, 0.5) is 0 Å². The highest BCUT2D eigenvalue weighted by molar-refractivity contribution is 5.97. The van der Waals surface area contributed by atoms with Crippen LogP contribution in [0.15, 0.2) is 54.6 Å². The third-order valence-corrected chi connectivity index (χ3v) is 4.47. The highest BCUT2D eigenvalue weighted by Gasteiger charge is 2.25. The minimum atomic E-state index is 0.0508. The second kappa shape index (κ2) is 7.86. The van der Waals surface area contributed by atoms with Crippen LogP contribution in [0.1, 0.15) is 23.2 Å². The highest BCUT2D eigenvalue weighted by Crippen LogP contribution is 2.24. The van der Waals surface area contributed by atoms with E-state index in [2.05, 4.69) is 0 Å². The number of carbonyl (C=O) groups is 1. The van der Waals surface area contributed by atoms with E-state index in [9.17, 15) is 4.79 Å². The number of rotatable bonds is 5. The van der Waals surface area contributed by atoms with Gasteiger partial charge in [-0.05, 0) is 43.0 Å². The van der Waals surface area contributed by atoms with Crippen molar-refractivity contribution >= 4 is 5.91 Å². The molecule has 4 nitrogen and oxygen atoms in total. The Hall–Kier alpha value is -2.49. The molecule has 0 aromatic heterocycles. The van der Waals surface area contributed by atoms with Crippen molar-refractivity contribution in [1.29, 1.82) is 0 Å². The van der Waals surface area contributed by atoms with Gasteiger partial charge in [-0.1, -0.05) is 30.3 Å². The molecule has 4 heteroatoms. The molecule has 0 radical (unpaired) electrons. The summed E-state index contributed by atoms with van der Waals surface area (Å²) in [4.78, 5) is 14.6. The molecule has 24 heavy (non-hydrogen) atoms. The molecule has 1 amide bonds. The Bertz CT molecular complexity index is 664. The molecule has 1 fully saturated rings. The van der Waals surface area contributed by atoms with Crippen molar-refractivity contribution in [3.05, 3.63) is 60.2 Å². The molecule has 0 N–H and O–H groups in total. The largest absolute Gasteiger partial charge is 0.496 e. The molecule has 2 aromatic carbocycles. The van der Waals surface area contributed by atoms with Gasteiger partial charge < -0.3 is 14.4 Å². The Labute approximate surface area is 143 Å². The first kappa shape index (κ1) is 16.4. The Morgan fingerprint density at radius 1 is 1.04 bits per heavy atom. The molecule has 0 saturated carbocycles. The average Bonchev–Trinajstić information content (AvgIpc) is 2.67. The van der Waals surface area contributed by atoms with Crippen LogP contribution >= 0.6 is 0 Å². The molecule has 3 rings (SSSR count). The molecule has 1 heterocycles. The smallest absolute Gasteiger partial charge is 0.257 e. The van der Waals surface area contributed by atoms with Crippen molar-refractivity contribution in [3.63, 3.8) is 0 Å². The van der Waals surface area contributed by atoms with Crippen LogP contribution in [-0.4, -0.2) is 37.6 Å². The first-order valence-electron chi connectivity index (χ1n) is 8.38. The number of hydrogen-bond donors (Lipinski definition) is 0. The maximum Gasteiger partial charge on any atom is 0.257 e. The average molecular weight is 325 g/mol. The zero-order valence-corrected chi connectivity index (χ0v) is 14.0. The van der Waals surface area contributed by atoms with Gasteiger partial charge in [0.15, 0.2) is 0 Å². The van der Waals surface area contributed by atoms with E-state index in [0.29, 0.717) is 23.8 Å².